The maximum Gasteiger partial charge on any atom is 0.321 e. The average molecular weight is 498 g/mol. The number of piperidine rings is 1. The predicted octanol–water partition coefficient (Wildman–Crippen LogP) is 4.04. The van der Waals surface area contributed by atoms with Crippen molar-refractivity contribution in [1.29, 1.82) is 0 Å². The Kier molecular flexibility index (Phi) is 6.81. The smallest absolute Gasteiger partial charge is 0.321 e. The van der Waals surface area contributed by atoms with Crippen molar-refractivity contribution in [3.8, 4) is 5.75 Å². The van der Waals surface area contributed by atoms with E-state index in [1.165, 1.54) is 0 Å². The van der Waals surface area contributed by atoms with Crippen molar-refractivity contribution >= 4 is 23.6 Å². The minimum absolute atomic E-state index is 0.138. The summed E-state index contributed by atoms with van der Waals surface area (Å²) in [6, 6.07) is 26.3. The van der Waals surface area contributed by atoms with Crippen LogP contribution in [0.2, 0.25) is 0 Å². The topological polar surface area (TPSA) is 100 Å². The molecule has 3 amide bonds. The van der Waals surface area contributed by atoms with Crippen LogP contribution >= 0.6 is 0 Å². The van der Waals surface area contributed by atoms with Crippen molar-refractivity contribution in [2.24, 2.45) is 16.6 Å². The maximum atomic E-state index is 14.0. The zero-order valence-corrected chi connectivity index (χ0v) is 20.8. The van der Waals surface area contributed by atoms with Crippen LogP contribution in [0, 0.1) is 5.92 Å². The Morgan fingerprint density at radius 3 is 2.22 bits per heavy atom. The second kappa shape index (κ2) is 10.3. The monoisotopic (exact) mass is 497 g/mol. The highest BCUT2D eigenvalue weighted by molar-refractivity contribution is 6.09. The number of nitrogens with one attached hydrogen (secondary N) is 1. The molecule has 0 unspecified atom stereocenters. The van der Waals surface area contributed by atoms with Crippen LogP contribution in [-0.2, 0) is 10.3 Å². The molecule has 3 aromatic carbocycles. The molecule has 0 radical (unpaired) electrons. The van der Waals surface area contributed by atoms with E-state index in [1.807, 2.05) is 78.9 Å². The standard InChI is InChI=1S/C29H31N5O3/c1-37-25-14-8-13-24(19-25)31-28(36)33-17-15-21(16-18-33)20-34-26(35)29(32-27(34)30,22-9-4-2-5-10-22)23-11-6-3-7-12-23/h2-14,19,21H,15-18,20H2,1H3,(H2,30,32)(H,31,36). The Bertz CT molecular complexity index is 1250. The lowest BCUT2D eigenvalue weighted by atomic mass is 9.82. The third-order valence-electron chi connectivity index (χ3n) is 7.16. The van der Waals surface area contributed by atoms with Crippen LogP contribution in [0.25, 0.3) is 0 Å². The Morgan fingerprint density at radius 2 is 1.62 bits per heavy atom. The summed E-state index contributed by atoms with van der Waals surface area (Å²) in [5, 5.41) is 2.94. The van der Waals surface area contributed by atoms with Gasteiger partial charge in [0.25, 0.3) is 5.91 Å². The molecule has 0 spiro atoms. The third kappa shape index (κ3) is 4.74. The summed E-state index contributed by atoms with van der Waals surface area (Å²) in [6.45, 7) is 1.67. The minimum atomic E-state index is -1.19. The highest BCUT2D eigenvalue weighted by Crippen LogP contribution is 2.40. The van der Waals surface area contributed by atoms with Gasteiger partial charge in [0.05, 0.1) is 7.11 Å². The molecular weight excluding hydrogens is 466 g/mol. The first-order valence-corrected chi connectivity index (χ1v) is 12.5. The lowest BCUT2D eigenvalue weighted by molar-refractivity contribution is -0.130. The molecule has 5 rings (SSSR count). The van der Waals surface area contributed by atoms with Crippen molar-refractivity contribution in [3.63, 3.8) is 0 Å². The first kappa shape index (κ1) is 24.4. The molecule has 8 nitrogen and oxygen atoms in total. The number of ether oxygens (including phenoxy) is 1. The number of hydrogen-bond donors (Lipinski definition) is 2. The number of nitrogens with zero attached hydrogens (tertiary/aromatic N) is 3. The van der Waals surface area contributed by atoms with Gasteiger partial charge in [-0.1, -0.05) is 66.7 Å². The van der Waals surface area contributed by atoms with E-state index in [9.17, 15) is 9.59 Å². The normalized spacial score (nSPS) is 17.4. The Hall–Kier alpha value is -4.33. The van der Waals surface area contributed by atoms with Gasteiger partial charge in [-0.25, -0.2) is 9.79 Å². The van der Waals surface area contributed by atoms with Crippen LogP contribution < -0.4 is 15.8 Å². The van der Waals surface area contributed by atoms with Gasteiger partial charge in [0.15, 0.2) is 11.5 Å². The summed E-state index contributed by atoms with van der Waals surface area (Å²) < 4.78 is 5.23. The van der Waals surface area contributed by atoms with Crippen molar-refractivity contribution in [2.45, 2.75) is 18.4 Å². The second-order valence-electron chi connectivity index (χ2n) is 9.42. The van der Waals surface area contributed by atoms with Crippen LogP contribution in [0.5, 0.6) is 5.75 Å². The number of anilines is 1. The van der Waals surface area contributed by atoms with E-state index >= 15 is 0 Å². The molecule has 3 N–H and O–H groups in total. The molecule has 8 heteroatoms. The molecule has 0 bridgehead atoms. The van der Waals surface area contributed by atoms with Crippen molar-refractivity contribution in [2.75, 3.05) is 32.1 Å². The number of benzene rings is 3. The van der Waals surface area contributed by atoms with E-state index in [-0.39, 0.29) is 23.8 Å². The fourth-order valence-corrected chi connectivity index (χ4v) is 5.14. The zero-order valence-electron chi connectivity index (χ0n) is 20.8. The number of carbonyl (C=O) groups is 2. The molecule has 1 fully saturated rings. The molecule has 0 aromatic heterocycles. The van der Waals surface area contributed by atoms with Gasteiger partial charge in [-0.05, 0) is 42.0 Å². The van der Waals surface area contributed by atoms with Crippen LogP contribution in [0.15, 0.2) is 89.9 Å². The number of rotatable bonds is 6. The number of hydrogen-bond acceptors (Lipinski definition) is 5. The molecule has 0 saturated carbocycles. The molecule has 37 heavy (non-hydrogen) atoms. The minimum Gasteiger partial charge on any atom is -0.497 e. The largest absolute Gasteiger partial charge is 0.497 e. The molecular formula is C29H31N5O3. The number of methoxy groups -OCH3 is 1. The highest BCUT2D eigenvalue weighted by atomic mass is 16.5. The summed E-state index contributed by atoms with van der Waals surface area (Å²) in [7, 11) is 1.60. The summed E-state index contributed by atoms with van der Waals surface area (Å²) in [4.78, 5) is 35.0. The Labute approximate surface area is 216 Å². The fraction of sp³-hybridized carbons (Fsp3) is 0.276. The van der Waals surface area contributed by atoms with Crippen LogP contribution in [0.1, 0.15) is 24.0 Å². The first-order chi connectivity index (χ1) is 18.0. The van der Waals surface area contributed by atoms with Gasteiger partial charge in [0, 0.05) is 31.4 Å². The SMILES string of the molecule is COc1cccc(NC(=O)N2CCC(CN3C(=O)C(c4ccccc4)(c4ccccc4)N=C3N)CC2)c1. The molecule has 3 aromatic rings. The number of carbonyl (C=O) groups excluding carboxylic acids is 2. The number of aliphatic imine (C=N–C) groups is 1. The van der Waals surface area contributed by atoms with Crippen molar-refractivity contribution in [3.05, 3.63) is 96.1 Å². The van der Waals surface area contributed by atoms with Crippen LogP contribution in [-0.4, -0.2) is 54.4 Å². The van der Waals surface area contributed by atoms with Crippen LogP contribution in [0.3, 0.4) is 0 Å². The van der Waals surface area contributed by atoms with Gasteiger partial charge in [-0.15, -0.1) is 0 Å². The van der Waals surface area contributed by atoms with E-state index in [2.05, 4.69) is 5.32 Å². The number of guanidine groups is 1. The lowest BCUT2D eigenvalue weighted by Gasteiger charge is -2.34. The molecule has 0 atom stereocenters. The maximum absolute atomic E-state index is 14.0. The van der Waals surface area contributed by atoms with E-state index in [0.717, 1.165) is 24.0 Å². The lowest BCUT2D eigenvalue weighted by Crippen LogP contribution is -2.48. The van der Waals surface area contributed by atoms with Gasteiger partial charge in [-0.3, -0.25) is 9.69 Å². The summed E-state index contributed by atoms with van der Waals surface area (Å²) in [5.41, 5.74) is 7.48. The second-order valence-corrected chi connectivity index (χ2v) is 9.42. The average Bonchev–Trinajstić information content (AvgIpc) is 3.20. The molecule has 2 heterocycles. The molecule has 190 valence electrons. The van der Waals surface area contributed by atoms with E-state index in [0.29, 0.717) is 31.1 Å². The van der Waals surface area contributed by atoms with E-state index < -0.39 is 5.54 Å². The number of nitrogens with two attached hydrogens (primary N) is 1. The zero-order chi connectivity index (χ0) is 25.8. The van der Waals surface area contributed by atoms with Gasteiger partial charge < -0.3 is 20.7 Å². The Balaban J connectivity index is 1.26. The summed E-state index contributed by atoms with van der Waals surface area (Å²) in [5.74, 6) is 0.991. The number of likely N-dealkylation sites (tertiary alicyclic amines) is 1. The van der Waals surface area contributed by atoms with E-state index in [1.54, 1.807) is 23.0 Å². The summed E-state index contributed by atoms with van der Waals surface area (Å²) >= 11 is 0. The fourth-order valence-electron chi connectivity index (χ4n) is 5.14. The number of amides is 3. The van der Waals surface area contributed by atoms with Crippen LogP contribution in [0.4, 0.5) is 10.5 Å². The Morgan fingerprint density at radius 1 is 1.00 bits per heavy atom. The highest BCUT2D eigenvalue weighted by Gasteiger charge is 2.50. The molecule has 0 aliphatic carbocycles. The van der Waals surface area contributed by atoms with Gasteiger partial charge in [0.1, 0.15) is 5.75 Å². The third-order valence-corrected chi connectivity index (χ3v) is 7.16. The quantitative estimate of drug-likeness (QED) is 0.537. The molecule has 2 aliphatic heterocycles. The summed E-state index contributed by atoms with van der Waals surface area (Å²) in [6.07, 6.45) is 1.54. The van der Waals surface area contributed by atoms with Gasteiger partial charge in [-0.2, -0.15) is 0 Å². The van der Waals surface area contributed by atoms with Gasteiger partial charge >= 0.3 is 6.03 Å². The molecule has 1 saturated heterocycles. The van der Waals surface area contributed by atoms with Gasteiger partial charge in [0.2, 0.25) is 0 Å². The predicted molar refractivity (Wildman–Crippen MR) is 143 cm³/mol. The first-order valence-electron chi connectivity index (χ1n) is 12.5. The number of urea groups is 1. The molecule has 2 aliphatic rings. The van der Waals surface area contributed by atoms with Crippen molar-refractivity contribution in [1.82, 2.24) is 9.80 Å². The van der Waals surface area contributed by atoms with E-state index in [4.69, 9.17) is 15.5 Å². The van der Waals surface area contributed by atoms with Crippen molar-refractivity contribution < 1.29 is 14.3 Å².